The summed E-state index contributed by atoms with van der Waals surface area (Å²) >= 11 is 0. The number of aliphatic carboxylic acids is 1. The van der Waals surface area contributed by atoms with Crippen LogP contribution >= 0.6 is 0 Å². The van der Waals surface area contributed by atoms with Gasteiger partial charge in [0.25, 0.3) is 0 Å². The highest BCUT2D eigenvalue weighted by Crippen LogP contribution is 2.01. The molecule has 19 heavy (non-hydrogen) atoms. The monoisotopic (exact) mass is 280 g/mol. The van der Waals surface area contributed by atoms with Crippen LogP contribution in [-0.4, -0.2) is 62.7 Å². The van der Waals surface area contributed by atoms with Gasteiger partial charge in [0.15, 0.2) is 6.29 Å². The number of carbonyl (C=O) groups excluding carboxylic acids is 1. The average Bonchev–Trinajstić information content (AvgIpc) is 2.41. The number of aldehydes is 1. The first-order valence-corrected chi connectivity index (χ1v) is 6.22. The van der Waals surface area contributed by atoms with Crippen molar-refractivity contribution in [1.29, 1.82) is 0 Å². The maximum Gasteiger partial charge on any atom is 0.303 e. The van der Waals surface area contributed by atoms with Gasteiger partial charge in [-0.05, 0) is 6.42 Å². The van der Waals surface area contributed by atoms with Crippen molar-refractivity contribution >= 4 is 12.3 Å². The number of carboxylic acids is 1. The van der Waals surface area contributed by atoms with Crippen molar-refractivity contribution in [3.63, 3.8) is 0 Å². The molecule has 0 aromatic rings. The number of unbranched alkanes of at least 4 members (excludes halogenated alkanes) is 3. The lowest BCUT2D eigenvalue weighted by atomic mass is 10.1. The van der Waals surface area contributed by atoms with Gasteiger partial charge >= 0.3 is 5.97 Å². The summed E-state index contributed by atoms with van der Waals surface area (Å²) in [4.78, 5) is 19.7. The number of rotatable bonds is 9. The predicted molar refractivity (Wildman–Crippen MR) is 67.6 cm³/mol. The minimum Gasteiger partial charge on any atom is -0.481 e. The van der Waals surface area contributed by atoms with Gasteiger partial charge in [-0.15, -0.1) is 0 Å². The Balaban J connectivity index is 0. The Kier molecular flexibility index (Phi) is 14.3. The minimum absolute atomic E-state index is 0.0869. The molecule has 5 N–H and O–H groups in total. The maximum atomic E-state index is 9.96. The van der Waals surface area contributed by atoms with Gasteiger partial charge < -0.3 is 30.3 Å². The minimum atomic E-state index is -1.64. The molecular formula is C12H24O7. The molecule has 0 saturated heterocycles. The van der Waals surface area contributed by atoms with E-state index in [0.29, 0.717) is 6.42 Å². The van der Waals surface area contributed by atoms with Crippen LogP contribution in [0.4, 0.5) is 0 Å². The average molecular weight is 280 g/mol. The van der Waals surface area contributed by atoms with Gasteiger partial charge in [-0.25, -0.2) is 0 Å². The van der Waals surface area contributed by atoms with Gasteiger partial charge in [-0.2, -0.15) is 0 Å². The topological polar surface area (TPSA) is 135 Å². The highest BCUT2D eigenvalue weighted by atomic mass is 16.4. The van der Waals surface area contributed by atoms with Gasteiger partial charge in [0.1, 0.15) is 18.3 Å². The Labute approximate surface area is 112 Å². The third-order valence-electron chi connectivity index (χ3n) is 2.31. The summed E-state index contributed by atoms with van der Waals surface area (Å²) in [6.45, 7) is 1.42. The molecule has 114 valence electrons. The molecule has 0 bridgehead atoms. The van der Waals surface area contributed by atoms with E-state index in [-0.39, 0.29) is 6.29 Å². The Hall–Kier alpha value is -1.02. The molecule has 3 atom stereocenters. The summed E-state index contributed by atoms with van der Waals surface area (Å²) in [5.41, 5.74) is 0. The summed E-state index contributed by atoms with van der Waals surface area (Å²) < 4.78 is 0. The van der Waals surface area contributed by atoms with Gasteiger partial charge in [0.2, 0.25) is 0 Å². The molecule has 7 nitrogen and oxygen atoms in total. The number of hydrogen-bond acceptors (Lipinski definition) is 6. The number of carbonyl (C=O) groups is 2. The number of hydrogen-bond donors (Lipinski definition) is 5. The second-order valence-corrected chi connectivity index (χ2v) is 4.07. The SMILES string of the molecule is CCCCCCC(=O)O.O=C[C@@H](O)[C@H](O)[C@H](O)CO. The van der Waals surface area contributed by atoms with E-state index in [9.17, 15) is 9.59 Å². The van der Waals surface area contributed by atoms with Crippen LogP contribution in [0.25, 0.3) is 0 Å². The molecule has 0 aromatic carbocycles. The molecule has 0 rings (SSSR count). The van der Waals surface area contributed by atoms with E-state index in [0.717, 1.165) is 19.3 Å². The third kappa shape index (κ3) is 13.2. The van der Waals surface area contributed by atoms with E-state index in [2.05, 4.69) is 6.92 Å². The van der Waals surface area contributed by atoms with Gasteiger partial charge in [0, 0.05) is 6.42 Å². The largest absolute Gasteiger partial charge is 0.481 e. The maximum absolute atomic E-state index is 9.96. The van der Waals surface area contributed by atoms with E-state index < -0.39 is 30.9 Å². The quantitative estimate of drug-likeness (QED) is 0.278. The normalized spacial score (nSPS) is 14.8. The summed E-state index contributed by atoms with van der Waals surface area (Å²) in [6.07, 6.45) is -0.0764. The van der Waals surface area contributed by atoms with E-state index in [4.69, 9.17) is 25.5 Å². The highest BCUT2D eigenvalue weighted by molar-refractivity contribution is 5.66. The van der Waals surface area contributed by atoms with Crippen LogP contribution in [0, 0.1) is 0 Å². The standard InChI is InChI=1S/C7H14O2.C5H10O5/c1-2-3-4-5-6-7(8)9;6-1-3(8)5(10)4(9)2-7/h2-6H2,1H3,(H,8,9);1,3-5,7-10H,2H2/t;3-,4-,5+/m.1/s1. The zero-order valence-corrected chi connectivity index (χ0v) is 11.1. The zero-order chi connectivity index (χ0) is 15.3. The van der Waals surface area contributed by atoms with Crippen molar-refractivity contribution in [2.75, 3.05) is 6.61 Å². The number of aliphatic hydroxyl groups is 4. The number of aliphatic hydroxyl groups excluding tert-OH is 4. The summed E-state index contributed by atoms with van der Waals surface area (Å²) in [5, 5.41) is 42.3. The Morgan fingerprint density at radius 3 is 2.11 bits per heavy atom. The Morgan fingerprint density at radius 1 is 1.16 bits per heavy atom. The molecule has 0 spiro atoms. The van der Waals surface area contributed by atoms with Crippen molar-refractivity contribution < 1.29 is 35.1 Å². The molecule has 0 radical (unpaired) electrons. The fourth-order valence-corrected chi connectivity index (χ4v) is 1.12. The molecule has 0 aliphatic carbocycles. The van der Waals surface area contributed by atoms with Crippen LogP contribution in [0.1, 0.15) is 39.0 Å². The summed E-state index contributed by atoms with van der Waals surface area (Å²) in [6, 6.07) is 0. The molecule has 0 aromatic heterocycles. The summed E-state index contributed by atoms with van der Waals surface area (Å²) in [7, 11) is 0. The smallest absolute Gasteiger partial charge is 0.303 e. The lowest BCUT2D eigenvalue weighted by Crippen LogP contribution is -2.40. The molecule has 0 fully saturated rings. The van der Waals surface area contributed by atoms with Crippen LogP contribution in [0.5, 0.6) is 0 Å². The first kappa shape index (κ1) is 20.3. The molecule has 0 aliphatic heterocycles. The van der Waals surface area contributed by atoms with E-state index >= 15 is 0 Å². The molecule has 0 amide bonds. The lowest BCUT2D eigenvalue weighted by molar-refractivity contribution is -0.137. The van der Waals surface area contributed by atoms with Gasteiger partial charge in [-0.3, -0.25) is 4.79 Å². The van der Waals surface area contributed by atoms with Gasteiger partial charge in [-0.1, -0.05) is 26.2 Å². The van der Waals surface area contributed by atoms with Crippen LogP contribution in [0.2, 0.25) is 0 Å². The molecule has 0 saturated carbocycles. The molecule has 0 aliphatic rings. The van der Waals surface area contributed by atoms with Crippen LogP contribution in [-0.2, 0) is 9.59 Å². The fraction of sp³-hybridized carbons (Fsp3) is 0.833. The van der Waals surface area contributed by atoms with Crippen molar-refractivity contribution in [2.24, 2.45) is 0 Å². The summed E-state index contributed by atoms with van der Waals surface area (Å²) in [5.74, 6) is -0.675. The Morgan fingerprint density at radius 2 is 1.74 bits per heavy atom. The fourth-order valence-electron chi connectivity index (χ4n) is 1.12. The van der Waals surface area contributed by atoms with Crippen molar-refractivity contribution in [3.05, 3.63) is 0 Å². The van der Waals surface area contributed by atoms with E-state index in [1.54, 1.807) is 0 Å². The number of carboxylic acid groups (broad SMARTS) is 1. The molecule has 7 heteroatoms. The van der Waals surface area contributed by atoms with Gasteiger partial charge in [0.05, 0.1) is 6.61 Å². The van der Waals surface area contributed by atoms with Crippen molar-refractivity contribution in [1.82, 2.24) is 0 Å². The first-order valence-electron chi connectivity index (χ1n) is 6.22. The van der Waals surface area contributed by atoms with Crippen LogP contribution in [0.15, 0.2) is 0 Å². The van der Waals surface area contributed by atoms with Crippen molar-refractivity contribution in [3.8, 4) is 0 Å². The van der Waals surface area contributed by atoms with E-state index in [1.807, 2.05) is 0 Å². The highest BCUT2D eigenvalue weighted by Gasteiger charge is 2.22. The Bertz CT molecular complexity index is 232. The first-order chi connectivity index (χ1) is 8.90. The second kappa shape index (κ2) is 13.4. The van der Waals surface area contributed by atoms with Crippen LogP contribution in [0.3, 0.4) is 0 Å². The van der Waals surface area contributed by atoms with Crippen molar-refractivity contribution in [2.45, 2.75) is 57.3 Å². The molecule has 0 heterocycles. The van der Waals surface area contributed by atoms with Crippen LogP contribution < -0.4 is 0 Å². The third-order valence-corrected chi connectivity index (χ3v) is 2.31. The molecule has 0 unspecified atom stereocenters. The second-order valence-electron chi connectivity index (χ2n) is 4.07. The predicted octanol–water partition coefficient (Wildman–Crippen LogP) is -0.698. The molecular weight excluding hydrogens is 256 g/mol. The zero-order valence-electron chi connectivity index (χ0n) is 11.1. The van der Waals surface area contributed by atoms with E-state index in [1.165, 1.54) is 6.42 Å². The lowest BCUT2D eigenvalue weighted by Gasteiger charge is -2.16.